The molecule has 0 spiro atoms. The van der Waals surface area contributed by atoms with Gasteiger partial charge in [-0.05, 0) is 18.2 Å². The van der Waals surface area contributed by atoms with E-state index in [1.54, 1.807) is 12.1 Å². The van der Waals surface area contributed by atoms with Crippen molar-refractivity contribution in [2.75, 3.05) is 13.1 Å². The number of hydrogen-bond donors (Lipinski definition) is 2. The normalized spacial score (nSPS) is 11.5. The van der Waals surface area contributed by atoms with Crippen LogP contribution in [0.4, 0.5) is 13.2 Å². The van der Waals surface area contributed by atoms with Crippen LogP contribution in [0.1, 0.15) is 15.9 Å². The SMILES string of the molecule is N#Cc1ccc2[nH]cc(C(=O)CNCC(F)(F)F)c2c1. The zero-order chi connectivity index (χ0) is 14.8. The highest BCUT2D eigenvalue weighted by molar-refractivity contribution is 6.09. The van der Waals surface area contributed by atoms with Crippen LogP contribution in [0.3, 0.4) is 0 Å². The average molecular weight is 281 g/mol. The molecule has 2 aromatic rings. The second-order valence-corrected chi connectivity index (χ2v) is 4.22. The lowest BCUT2D eigenvalue weighted by Gasteiger charge is -2.07. The van der Waals surface area contributed by atoms with Crippen molar-refractivity contribution >= 4 is 16.7 Å². The number of benzene rings is 1. The van der Waals surface area contributed by atoms with Crippen molar-refractivity contribution in [1.82, 2.24) is 10.3 Å². The molecule has 0 saturated heterocycles. The number of carbonyl (C=O) groups is 1. The van der Waals surface area contributed by atoms with Gasteiger partial charge >= 0.3 is 6.18 Å². The van der Waals surface area contributed by atoms with E-state index in [2.05, 4.69) is 10.3 Å². The van der Waals surface area contributed by atoms with Crippen LogP contribution in [0, 0.1) is 11.3 Å². The zero-order valence-corrected chi connectivity index (χ0v) is 10.2. The molecule has 7 heteroatoms. The van der Waals surface area contributed by atoms with Gasteiger partial charge in [0, 0.05) is 22.7 Å². The average Bonchev–Trinajstić information content (AvgIpc) is 2.79. The summed E-state index contributed by atoms with van der Waals surface area (Å²) in [6.07, 6.45) is -2.92. The number of nitrogens with one attached hydrogen (secondary N) is 2. The maximum Gasteiger partial charge on any atom is 0.401 e. The van der Waals surface area contributed by atoms with E-state index in [-0.39, 0.29) is 5.56 Å². The first-order chi connectivity index (χ1) is 9.40. The van der Waals surface area contributed by atoms with Crippen LogP contribution in [0.2, 0.25) is 0 Å². The predicted octanol–water partition coefficient (Wildman–Crippen LogP) is 2.37. The number of Topliss-reactive ketones (excluding diaryl/α,β-unsaturated/α-hetero) is 1. The second-order valence-electron chi connectivity index (χ2n) is 4.22. The van der Waals surface area contributed by atoms with Crippen molar-refractivity contribution in [2.45, 2.75) is 6.18 Å². The van der Waals surface area contributed by atoms with Gasteiger partial charge in [-0.3, -0.25) is 4.79 Å². The van der Waals surface area contributed by atoms with Gasteiger partial charge in [0.15, 0.2) is 5.78 Å². The molecule has 0 saturated carbocycles. The number of aromatic amines is 1. The number of fused-ring (bicyclic) bond motifs is 1. The first-order valence-electron chi connectivity index (χ1n) is 5.72. The lowest BCUT2D eigenvalue weighted by molar-refractivity contribution is -0.124. The maximum absolute atomic E-state index is 12.0. The Labute approximate surface area is 112 Å². The van der Waals surface area contributed by atoms with Gasteiger partial charge in [0.1, 0.15) is 0 Å². The molecule has 0 unspecified atom stereocenters. The van der Waals surface area contributed by atoms with Gasteiger partial charge in [0.05, 0.1) is 24.7 Å². The Hall–Kier alpha value is -2.33. The van der Waals surface area contributed by atoms with Gasteiger partial charge in [0.2, 0.25) is 0 Å². The van der Waals surface area contributed by atoms with E-state index < -0.39 is 25.0 Å². The molecule has 1 aromatic heterocycles. The van der Waals surface area contributed by atoms with Crippen LogP contribution < -0.4 is 5.32 Å². The first kappa shape index (κ1) is 14.1. The number of halogens is 3. The van der Waals surface area contributed by atoms with Gasteiger partial charge in [-0.15, -0.1) is 0 Å². The largest absolute Gasteiger partial charge is 0.401 e. The maximum atomic E-state index is 12.0. The number of nitrogens with zero attached hydrogens (tertiary/aromatic N) is 1. The fourth-order valence-corrected chi connectivity index (χ4v) is 1.83. The van der Waals surface area contributed by atoms with Crippen LogP contribution in [0.5, 0.6) is 0 Å². The number of nitriles is 1. The van der Waals surface area contributed by atoms with Crippen molar-refractivity contribution in [2.24, 2.45) is 0 Å². The molecule has 0 aliphatic heterocycles. The standard InChI is InChI=1S/C13H10F3N3O/c14-13(15,16)7-18-6-12(20)10-5-19-11-2-1-8(4-17)3-9(10)11/h1-3,5,18-19H,6-7H2. The summed E-state index contributed by atoms with van der Waals surface area (Å²) in [6, 6.07) is 6.72. The molecule has 0 aliphatic carbocycles. The molecular weight excluding hydrogens is 271 g/mol. The molecule has 1 heterocycles. The number of carbonyl (C=O) groups excluding carboxylic acids is 1. The van der Waals surface area contributed by atoms with Crippen LogP contribution in [-0.2, 0) is 0 Å². The minimum Gasteiger partial charge on any atom is -0.360 e. The second kappa shape index (κ2) is 5.35. The third-order valence-corrected chi connectivity index (χ3v) is 2.72. The van der Waals surface area contributed by atoms with Gasteiger partial charge in [-0.25, -0.2) is 0 Å². The molecule has 0 amide bonds. The Bertz CT molecular complexity index is 682. The minimum absolute atomic E-state index is 0.270. The molecule has 1 aromatic carbocycles. The number of hydrogen-bond acceptors (Lipinski definition) is 3. The van der Waals surface area contributed by atoms with Gasteiger partial charge in [-0.1, -0.05) is 0 Å². The summed E-state index contributed by atoms with van der Waals surface area (Å²) in [6.45, 7) is -1.63. The lowest BCUT2D eigenvalue weighted by Crippen LogP contribution is -2.32. The minimum atomic E-state index is -4.35. The molecule has 4 nitrogen and oxygen atoms in total. The van der Waals surface area contributed by atoms with Crippen LogP contribution >= 0.6 is 0 Å². The Balaban J connectivity index is 2.16. The molecule has 2 rings (SSSR count). The molecule has 20 heavy (non-hydrogen) atoms. The van der Waals surface area contributed by atoms with Gasteiger partial charge < -0.3 is 10.3 Å². The third kappa shape index (κ3) is 3.16. The van der Waals surface area contributed by atoms with Crippen molar-refractivity contribution in [3.05, 3.63) is 35.5 Å². The molecular formula is C13H10F3N3O. The Morgan fingerprint density at radius 3 is 2.80 bits per heavy atom. The van der Waals surface area contributed by atoms with E-state index in [0.29, 0.717) is 16.5 Å². The molecule has 2 N–H and O–H groups in total. The highest BCUT2D eigenvalue weighted by Crippen LogP contribution is 2.20. The predicted molar refractivity (Wildman–Crippen MR) is 66.3 cm³/mol. The molecule has 104 valence electrons. The third-order valence-electron chi connectivity index (χ3n) is 2.72. The van der Waals surface area contributed by atoms with Crippen molar-refractivity contribution in [3.63, 3.8) is 0 Å². The van der Waals surface area contributed by atoms with Crippen LogP contribution in [-0.4, -0.2) is 30.0 Å². The number of ketones is 1. The molecule has 0 atom stereocenters. The van der Waals surface area contributed by atoms with E-state index in [1.165, 1.54) is 12.3 Å². The van der Waals surface area contributed by atoms with Crippen LogP contribution in [0.25, 0.3) is 10.9 Å². The summed E-state index contributed by atoms with van der Waals surface area (Å²) in [5, 5.41) is 11.4. The summed E-state index contributed by atoms with van der Waals surface area (Å²) in [7, 11) is 0. The Morgan fingerprint density at radius 1 is 1.40 bits per heavy atom. The zero-order valence-electron chi connectivity index (χ0n) is 10.2. The van der Waals surface area contributed by atoms with E-state index in [1.807, 2.05) is 6.07 Å². The fourth-order valence-electron chi connectivity index (χ4n) is 1.83. The highest BCUT2D eigenvalue weighted by atomic mass is 19.4. The molecule has 0 aliphatic rings. The summed E-state index contributed by atoms with van der Waals surface area (Å²) in [5.74, 6) is -0.462. The quantitative estimate of drug-likeness (QED) is 0.845. The van der Waals surface area contributed by atoms with E-state index >= 15 is 0 Å². The van der Waals surface area contributed by atoms with Gasteiger partial charge in [0.25, 0.3) is 0 Å². The number of aromatic nitrogens is 1. The van der Waals surface area contributed by atoms with Crippen molar-refractivity contribution < 1.29 is 18.0 Å². The van der Waals surface area contributed by atoms with Gasteiger partial charge in [-0.2, -0.15) is 18.4 Å². The topological polar surface area (TPSA) is 68.7 Å². The lowest BCUT2D eigenvalue weighted by atomic mass is 10.1. The first-order valence-corrected chi connectivity index (χ1v) is 5.72. The monoisotopic (exact) mass is 281 g/mol. The summed E-state index contributed by atoms with van der Waals surface area (Å²) >= 11 is 0. The number of rotatable bonds is 4. The summed E-state index contributed by atoms with van der Waals surface area (Å²) < 4.78 is 36.0. The highest BCUT2D eigenvalue weighted by Gasteiger charge is 2.26. The smallest absolute Gasteiger partial charge is 0.360 e. The van der Waals surface area contributed by atoms with E-state index in [4.69, 9.17) is 5.26 Å². The molecule has 0 bridgehead atoms. The number of alkyl halides is 3. The van der Waals surface area contributed by atoms with Crippen LogP contribution in [0.15, 0.2) is 24.4 Å². The van der Waals surface area contributed by atoms with E-state index in [0.717, 1.165) is 0 Å². The summed E-state index contributed by atoms with van der Waals surface area (Å²) in [4.78, 5) is 14.7. The number of H-pyrrole nitrogens is 1. The molecule has 0 fully saturated rings. The van der Waals surface area contributed by atoms with E-state index in [9.17, 15) is 18.0 Å². The Morgan fingerprint density at radius 2 is 2.15 bits per heavy atom. The summed E-state index contributed by atoms with van der Waals surface area (Å²) in [5.41, 5.74) is 1.31. The fraction of sp³-hybridized carbons (Fsp3) is 0.231. The van der Waals surface area contributed by atoms with Crippen molar-refractivity contribution in [3.8, 4) is 6.07 Å². The molecule has 0 radical (unpaired) electrons. The van der Waals surface area contributed by atoms with Crippen molar-refractivity contribution in [1.29, 1.82) is 5.26 Å². The Kier molecular flexibility index (Phi) is 3.77.